The van der Waals surface area contributed by atoms with Crippen molar-refractivity contribution in [1.29, 1.82) is 0 Å². The lowest BCUT2D eigenvalue weighted by Gasteiger charge is -2.21. The van der Waals surface area contributed by atoms with Gasteiger partial charge in [-0.3, -0.25) is 37.3 Å². The molecular formula is C56H108O17P2. The molecule has 17 nitrogen and oxygen atoms in total. The molecule has 0 spiro atoms. The molecule has 0 radical (unpaired) electrons. The highest BCUT2D eigenvalue weighted by atomic mass is 31.2. The molecule has 444 valence electrons. The molecule has 0 bridgehead atoms. The van der Waals surface area contributed by atoms with Gasteiger partial charge in [0.1, 0.15) is 19.3 Å². The Morgan fingerprint density at radius 3 is 0.907 bits per heavy atom. The second-order valence-electron chi connectivity index (χ2n) is 20.8. The molecule has 2 unspecified atom stereocenters. The number of phosphoric ester groups is 2. The Morgan fingerprint density at radius 1 is 0.360 bits per heavy atom. The van der Waals surface area contributed by atoms with Crippen LogP contribution in [0.4, 0.5) is 0 Å². The highest BCUT2D eigenvalue weighted by molar-refractivity contribution is 7.47. The zero-order valence-corrected chi connectivity index (χ0v) is 49.5. The SMILES string of the molecule is CCCCCCCCCCCCCC(=O)OC[C@H](COP(=O)(O)OC[C@@H](O)COP(=O)(O)OC[C@@H](COC(=O)CCCCCCC)OC(=O)CCCCCCCCC)OC(=O)CCCCCCCCCCCC(C)C. The molecule has 0 heterocycles. The van der Waals surface area contributed by atoms with Crippen molar-refractivity contribution in [1.82, 2.24) is 0 Å². The van der Waals surface area contributed by atoms with Crippen LogP contribution in [0.5, 0.6) is 0 Å². The van der Waals surface area contributed by atoms with Crippen LogP contribution in [0.25, 0.3) is 0 Å². The van der Waals surface area contributed by atoms with Crippen LogP contribution in [0.3, 0.4) is 0 Å². The van der Waals surface area contributed by atoms with Crippen molar-refractivity contribution in [3.8, 4) is 0 Å². The predicted octanol–water partition coefficient (Wildman–Crippen LogP) is 14.7. The minimum Gasteiger partial charge on any atom is -0.462 e. The number of aliphatic hydroxyl groups excluding tert-OH is 1. The van der Waals surface area contributed by atoms with E-state index in [4.69, 9.17) is 37.0 Å². The maximum atomic E-state index is 12.9. The number of aliphatic hydroxyl groups is 1. The van der Waals surface area contributed by atoms with Crippen molar-refractivity contribution < 1.29 is 80.2 Å². The fourth-order valence-corrected chi connectivity index (χ4v) is 9.75. The summed E-state index contributed by atoms with van der Waals surface area (Å²) in [5, 5.41) is 10.5. The predicted molar refractivity (Wildman–Crippen MR) is 294 cm³/mol. The zero-order chi connectivity index (χ0) is 55.7. The molecule has 75 heavy (non-hydrogen) atoms. The van der Waals surface area contributed by atoms with Gasteiger partial charge in [0.25, 0.3) is 0 Å². The van der Waals surface area contributed by atoms with E-state index < -0.39 is 97.5 Å². The molecule has 0 aliphatic rings. The first-order valence-electron chi connectivity index (χ1n) is 29.6. The van der Waals surface area contributed by atoms with Crippen molar-refractivity contribution in [2.45, 2.75) is 291 Å². The Hall–Kier alpha value is -1.94. The van der Waals surface area contributed by atoms with Crippen LogP contribution in [0.15, 0.2) is 0 Å². The maximum Gasteiger partial charge on any atom is 0.472 e. The Bertz CT molecular complexity index is 1480. The lowest BCUT2D eigenvalue weighted by Crippen LogP contribution is -2.30. The molecule has 0 saturated heterocycles. The van der Waals surface area contributed by atoms with Gasteiger partial charge in [0.05, 0.1) is 26.4 Å². The molecule has 5 atom stereocenters. The maximum absolute atomic E-state index is 12.9. The average molecular weight is 1120 g/mol. The van der Waals surface area contributed by atoms with Gasteiger partial charge >= 0.3 is 39.5 Å². The largest absolute Gasteiger partial charge is 0.472 e. The fraction of sp³-hybridized carbons (Fsp3) is 0.929. The third-order valence-corrected chi connectivity index (χ3v) is 14.7. The zero-order valence-electron chi connectivity index (χ0n) is 47.7. The summed E-state index contributed by atoms with van der Waals surface area (Å²) in [5.74, 6) is -1.42. The van der Waals surface area contributed by atoms with Gasteiger partial charge in [0, 0.05) is 25.7 Å². The summed E-state index contributed by atoms with van der Waals surface area (Å²) >= 11 is 0. The second-order valence-corrected chi connectivity index (χ2v) is 23.7. The first-order valence-corrected chi connectivity index (χ1v) is 32.6. The van der Waals surface area contributed by atoms with Crippen molar-refractivity contribution >= 4 is 39.5 Å². The number of carbonyl (C=O) groups excluding carboxylic acids is 4. The average Bonchev–Trinajstić information content (AvgIpc) is 3.37. The van der Waals surface area contributed by atoms with Gasteiger partial charge in [-0.1, -0.05) is 221 Å². The molecular weight excluding hydrogens is 1010 g/mol. The molecule has 0 aromatic rings. The van der Waals surface area contributed by atoms with E-state index in [1.807, 2.05) is 0 Å². The van der Waals surface area contributed by atoms with Gasteiger partial charge in [-0.2, -0.15) is 0 Å². The first kappa shape index (κ1) is 73.1. The van der Waals surface area contributed by atoms with Gasteiger partial charge < -0.3 is 33.8 Å². The Labute approximate surface area is 454 Å². The first-order chi connectivity index (χ1) is 36.0. The molecule has 0 rings (SSSR count). The van der Waals surface area contributed by atoms with E-state index in [-0.39, 0.29) is 25.7 Å². The normalized spacial score (nSPS) is 14.5. The quantitative estimate of drug-likeness (QED) is 0.0222. The van der Waals surface area contributed by atoms with Gasteiger partial charge in [0.15, 0.2) is 12.2 Å². The molecule has 0 fully saturated rings. The summed E-state index contributed by atoms with van der Waals surface area (Å²) in [4.78, 5) is 71.4. The van der Waals surface area contributed by atoms with E-state index in [0.29, 0.717) is 25.7 Å². The monoisotopic (exact) mass is 1110 g/mol. The van der Waals surface area contributed by atoms with E-state index in [1.165, 1.54) is 77.0 Å². The van der Waals surface area contributed by atoms with Crippen LogP contribution < -0.4 is 0 Å². The highest BCUT2D eigenvalue weighted by Gasteiger charge is 2.30. The lowest BCUT2D eigenvalue weighted by atomic mass is 10.0. The van der Waals surface area contributed by atoms with Crippen LogP contribution in [0, 0.1) is 5.92 Å². The third-order valence-electron chi connectivity index (χ3n) is 12.8. The smallest absolute Gasteiger partial charge is 0.462 e. The third kappa shape index (κ3) is 51.3. The van der Waals surface area contributed by atoms with E-state index >= 15 is 0 Å². The lowest BCUT2D eigenvalue weighted by molar-refractivity contribution is -0.161. The van der Waals surface area contributed by atoms with Crippen LogP contribution >= 0.6 is 15.6 Å². The van der Waals surface area contributed by atoms with Crippen molar-refractivity contribution in [2.24, 2.45) is 5.92 Å². The number of unbranched alkanes of at least 4 members (excludes halogenated alkanes) is 28. The summed E-state index contributed by atoms with van der Waals surface area (Å²) in [6.45, 7) is 6.97. The molecule has 19 heteroatoms. The Morgan fingerprint density at radius 2 is 0.613 bits per heavy atom. The summed E-state index contributed by atoms with van der Waals surface area (Å²) in [6.07, 6.45) is 31.2. The van der Waals surface area contributed by atoms with Crippen molar-refractivity contribution in [2.75, 3.05) is 39.6 Å². The molecule has 0 aliphatic heterocycles. The molecule has 0 saturated carbocycles. The number of phosphoric acid groups is 2. The van der Waals surface area contributed by atoms with E-state index in [9.17, 15) is 43.2 Å². The summed E-state index contributed by atoms with van der Waals surface area (Å²) in [5.41, 5.74) is 0. The van der Waals surface area contributed by atoms with Crippen LogP contribution in [0.1, 0.15) is 272 Å². The molecule has 0 aliphatic carbocycles. The Balaban J connectivity index is 5.17. The van der Waals surface area contributed by atoms with E-state index in [2.05, 4.69) is 34.6 Å². The molecule has 0 aromatic carbocycles. The standard InChI is InChI=1S/C56H108O17P2/c1-6-9-12-15-17-18-19-22-26-30-35-40-54(59)67-46-52(73-56(61)42-37-32-27-23-20-21-25-29-33-38-49(4)5)48-71-75(64,65)69-44-50(57)43-68-74(62,63)70-47-51(45-66-53(58)39-34-28-14-11-8-3)72-55(60)41-36-31-24-16-13-10-7-2/h49-52,57H,6-48H2,1-5H3,(H,62,63)(H,64,65)/t50-,51+,52+/m0/s1. The number of carbonyl (C=O) groups is 4. The second kappa shape index (κ2) is 50.3. The Kier molecular flexibility index (Phi) is 49.0. The number of ether oxygens (including phenoxy) is 4. The van der Waals surface area contributed by atoms with Crippen molar-refractivity contribution in [3.63, 3.8) is 0 Å². The number of esters is 4. The van der Waals surface area contributed by atoms with Crippen LogP contribution in [-0.2, 0) is 65.4 Å². The number of hydrogen-bond acceptors (Lipinski definition) is 15. The highest BCUT2D eigenvalue weighted by Crippen LogP contribution is 2.45. The fourth-order valence-electron chi connectivity index (χ4n) is 8.17. The van der Waals surface area contributed by atoms with Gasteiger partial charge in [-0.15, -0.1) is 0 Å². The molecule has 0 aromatic heterocycles. The van der Waals surface area contributed by atoms with Crippen molar-refractivity contribution in [3.05, 3.63) is 0 Å². The topological polar surface area (TPSA) is 237 Å². The number of hydrogen-bond donors (Lipinski definition) is 3. The molecule has 3 N–H and O–H groups in total. The summed E-state index contributed by atoms with van der Waals surface area (Å²) in [6, 6.07) is 0. The van der Waals surface area contributed by atoms with Gasteiger partial charge in [-0.25, -0.2) is 9.13 Å². The van der Waals surface area contributed by atoms with Gasteiger partial charge in [-0.05, 0) is 31.6 Å². The van der Waals surface area contributed by atoms with Crippen LogP contribution in [0.2, 0.25) is 0 Å². The minimum atomic E-state index is -4.93. The van der Waals surface area contributed by atoms with Crippen LogP contribution in [-0.4, -0.2) is 96.7 Å². The van der Waals surface area contributed by atoms with E-state index in [1.54, 1.807) is 0 Å². The molecule has 0 amide bonds. The minimum absolute atomic E-state index is 0.103. The van der Waals surface area contributed by atoms with E-state index in [0.717, 1.165) is 115 Å². The number of rotatable bonds is 56. The summed E-state index contributed by atoms with van der Waals surface area (Å²) in [7, 11) is -9.86. The van der Waals surface area contributed by atoms with Gasteiger partial charge in [0.2, 0.25) is 0 Å². The summed E-state index contributed by atoms with van der Waals surface area (Å²) < 4.78 is 67.3.